The topological polar surface area (TPSA) is 99.8 Å². The molecule has 1 fully saturated rings. The van der Waals surface area contributed by atoms with E-state index < -0.39 is 10.0 Å². The van der Waals surface area contributed by atoms with Gasteiger partial charge in [0.05, 0.1) is 4.90 Å². The van der Waals surface area contributed by atoms with E-state index in [0.29, 0.717) is 12.5 Å². The molecule has 9 heteroatoms. The molecule has 0 radical (unpaired) electrons. The minimum Gasteiger partial charge on any atom is -0.369 e. The second-order valence-electron chi connectivity index (χ2n) is 6.67. The van der Waals surface area contributed by atoms with Crippen LogP contribution in [0, 0.1) is 0 Å². The Labute approximate surface area is 170 Å². The molecule has 0 saturated carbocycles. The molecule has 0 aromatic heterocycles. The maximum atomic E-state index is 11.3. The lowest BCUT2D eigenvalue weighted by Gasteiger charge is -2.20. The van der Waals surface area contributed by atoms with Crippen LogP contribution in [-0.2, 0) is 16.6 Å². The van der Waals surface area contributed by atoms with Crippen LogP contribution in [0.25, 0.3) is 0 Å². The minimum atomic E-state index is -3.67. The number of rotatable bonds is 5. The van der Waals surface area contributed by atoms with Crippen molar-refractivity contribution in [2.75, 3.05) is 25.0 Å². The number of nitrogens with zero attached hydrogens (tertiary/aromatic N) is 2. The lowest BCUT2D eigenvalue weighted by molar-refractivity contribution is 0.597. The van der Waals surface area contributed by atoms with Crippen LogP contribution in [0.3, 0.4) is 0 Å². The molecule has 0 bridgehead atoms. The van der Waals surface area contributed by atoms with Gasteiger partial charge in [-0.2, -0.15) is 0 Å². The summed E-state index contributed by atoms with van der Waals surface area (Å²) in [4.78, 5) is 6.67. The van der Waals surface area contributed by atoms with Gasteiger partial charge in [-0.1, -0.05) is 29.8 Å². The van der Waals surface area contributed by atoms with E-state index in [4.69, 9.17) is 16.7 Å². The van der Waals surface area contributed by atoms with E-state index in [9.17, 15) is 8.42 Å². The number of hydrogen-bond donors (Lipinski definition) is 3. The van der Waals surface area contributed by atoms with E-state index in [0.717, 1.165) is 35.8 Å². The highest BCUT2D eigenvalue weighted by atomic mass is 35.5. The van der Waals surface area contributed by atoms with Gasteiger partial charge in [0.15, 0.2) is 5.96 Å². The van der Waals surface area contributed by atoms with Gasteiger partial charge in [-0.3, -0.25) is 4.99 Å². The van der Waals surface area contributed by atoms with Gasteiger partial charge in [-0.25, -0.2) is 13.6 Å². The zero-order valence-electron chi connectivity index (χ0n) is 15.6. The fourth-order valence-electron chi connectivity index (χ4n) is 3.16. The monoisotopic (exact) mass is 421 g/mol. The molecule has 1 atom stereocenters. The summed E-state index contributed by atoms with van der Waals surface area (Å²) in [6, 6.07) is 14.6. The SMILES string of the molecule is CN=C(NCc1ccc(S(N)(=O)=O)cc1)NC1CCN(c2cccc(Cl)c2)C1. The maximum absolute atomic E-state index is 11.3. The van der Waals surface area contributed by atoms with E-state index in [1.807, 2.05) is 18.2 Å². The van der Waals surface area contributed by atoms with Gasteiger partial charge in [-0.15, -0.1) is 0 Å². The Morgan fingerprint density at radius 3 is 2.68 bits per heavy atom. The number of benzene rings is 2. The van der Waals surface area contributed by atoms with Crippen LogP contribution in [0.15, 0.2) is 58.4 Å². The molecule has 2 aromatic carbocycles. The number of sulfonamides is 1. The first-order valence-electron chi connectivity index (χ1n) is 8.94. The third-order valence-electron chi connectivity index (χ3n) is 4.64. The Bertz CT molecular complexity index is 947. The first-order chi connectivity index (χ1) is 13.3. The summed E-state index contributed by atoms with van der Waals surface area (Å²) in [7, 11) is -1.95. The van der Waals surface area contributed by atoms with Gasteiger partial charge in [0.1, 0.15) is 0 Å². The quantitative estimate of drug-likeness (QED) is 0.506. The molecule has 150 valence electrons. The van der Waals surface area contributed by atoms with Crippen LogP contribution in [-0.4, -0.2) is 40.6 Å². The molecular formula is C19H24ClN5O2S. The number of nitrogens with one attached hydrogen (secondary N) is 2. The Morgan fingerprint density at radius 1 is 1.29 bits per heavy atom. The number of aliphatic imine (C=N–C) groups is 1. The Kier molecular flexibility index (Phi) is 6.43. The van der Waals surface area contributed by atoms with E-state index in [1.54, 1.807) is 19.2 Å². The van der Waals surface area contributed by atoms with Crippen LogP contribution < -0.4 is 20.7 Å². The average Bonchev–Trinajstić information content (AvgIpc) is 3.13. The summed E-state index contributed by atoms with van der Waals surface area (Å²) in [5.41, 5.74) is 2.05. The van der Waals surface area contributed by atoms with Crippen molar-refractivity contribution in [3.63, 3.8) is 0 Å². The molecule has 2 aromatic rings. The van der Waals surface area contributed by atoms with Crippen molar-refractivity contribution < 1.29 is 8.42 Å². The van der Waals surface area contributed by atoms with Gasteiger partial charge in [0, 0.05) is 43.4 Å². The maximum Gasteiger partial charge on any atom is 0.238 e. The summed E-state index contributed by atoms with van der Waals surface area (Å²) in [5.74, 6) is 0.702. The highest BCUT2D eigenvalue weighted by molar-refractivity contribution is 7.89. The van der Waals surface area contributed by atoms with E-state index >= 15 is 0 Å². The number of hydrogen-bond acceptors (Lipinski definition) is 4. The molecule has 1 aliphatic heterocycles. The van der Waals surface area contributed by atoms with Gasteiger partial charge in [0.25, 0.3) is 0 Å². The molecule has 0 spiro atoms. The molecule has 7 nitrogen and oxygen atoms in total. The van der Waals surface area contributed by atoms with Gasteiger partial charge in [-0.05, 0) is 42.3 Å². The van der Waals surface area contributed by atoms with E-state index in [1.165, 1.54) is 12.1 Å². The van der Waals surface area contributed by atoms with Crippen LogP contribution in [0.4, 0.5) is 5.69 Å². The Morgan fingerprint density at radius 2 is 2.04 bits per heavy atom. The third-order valence-corrected chi connectivity index (χ3v) is 5.80. The highest BCUT2D eigenvalue weighted by Gasteiger charge is 2.23. The number of nitrogens with two attached hydrogens (primary N) is 1. The average molecular weight is 422 g/mol. The van der Waals surface area contributed by atoms with Crippen molar-refractivity contribution in [3.05, 3.63) is 59.1 Å². The first kappa shape index (κ1) is 20.4. The van der Waals surface area contributed by atoms with Gasteiger partial charge >= 0.3 is 0 Å². The fourth-order valence-corrected chi connectivity index (χ4v) is 3.86. The molecule has 1 heterocycles. The summed E-state index contributed by atoms with van der Waals surface area (Å²) in [6.45, 7) is 2.34. The van der Waals surface area contributed by atoms with Crippen molar-refractivity contribution >= 4 is 33.3 Å². The summed E-state index contributed by atoms with van der Waals surface area (Å²) in [6.07, 6.45) is 0.996. The molecule has 28 heavy (non-hydrogen) atoms. The Hall–Kier alpha value is -2.29. The lowest BCUT2D eigenvalue weighted by Crippen LogP contribution is -2.44. The fraction of sp³-hybridized carbons (Fsp3) is 0.316. The second-order valence-corrected chi connectivity index (χ2v) is 8.67. The van der Waals surface area contributed by atoms with Crippen molar-refractivity contribution in [2.45, 2.75) is 23.9 Å². The predicted octanol–water partition coefficient (Wildman–Crippen LogP) is 1.93. The summed E-state index contributed by atoms with van der Waals surface area (Å²) < 4.78 is 22.6. The third kappa shape index (κ3) is 5.37. The van der Waals surface area contributed by atoms with Crippen LogP contribution in [0.5, 0.6) is 0 Å². The molecule has 3 rings (SSSR count). The largest absolute Gasteiger partial charge is 0.369 e. The van der Waals surface area contributed by atoms with Crippen LogP contribution in [0.2, 0.25) is 5.02 Å². The second kappa shape index (κ2) is 8.81. The molecule has 0 aliphatic carbocycles. The van der Waals surface area contributed by atoms with Gasteiger partial charge < -0.3 is 15.5 Å². The number of halogens is 1. The van der Waals surface area contributed by atoms with Crippen molar-refractivity contribution in [3.8, 4) is 0 Å². The molecule has 0 amide bonds. The van der Waals surface area contributed by atoms with Crippen molar-refractivity contribution in [1.82, 2.24) is 10.6 Å². The smallest absolute Gasteiger partial charge is 0.238 e. The number of primary sulfonamides is 1. The van der Waals surface area contributed by atoms with Crippen molar-refractivity contribution in [2.24, 2.45) is 10.1 Å². The predicted molar refractivity (Wildman–Crippen MR) is 113 cm³/mol. The molecule has 1 aliphatic rings. The zero-order valence-corrected chi connectivity index (χ0v) is 17.2. The Balaban J connectivity index is 1.52. The van der Waals surface area contributed by atoms with Crippen molar-refractivity contribution in [1.29, 1.82) is 0 Å². The minimum absolute atomic E-state index is 0.103. The molecule has 1 unspecified atom stereocenters. The number of anilines is 1. The van der Waals surface area contributed by atoms with Gasteiger partial charge in [0.2, 0.25) is 10.0 Å². The van der Waals surface area contributed by atoms with E-state index in [2.05, 4.69) is 26.6 Å². The van der Waals surface area contributed by atoms with E-state index in [-0.39, 0.29) is 10.9 Å². The lowest BCUT2D eigenvalue weighted by atomic mass is 10.2. The van der Waals surface area contributed by atoms with Crippen LogP contribution in [0.1, 0.15) is 12.0 Å². The molecular weight excluding hydrogens is 398 g/mol. The normalized spacial score (nSPS) is 17.6. The number of guanidine groups is 1. The molecule has 4 N–H and O–H groups in total. The first-order valence-corrected chi connectivity index (χ1v) is 10.9. The van der Waals surface area contributed by atoms with Crippen LogP contribution >= 0.6 is 11.6 Å². The summed E-state index contributed by atoms with van der Waals surface area (Å²) >= 11 is 6.09. The zero-order chi connectivity index (χ0) is 20.1. The summed E-state index contributed by atoms with van der Waals surface area (Å²) in [5, 5.41) is 12.5. The molecule has 1 saturated heterocycles. The highest BCUT2D eigenvalue weighted by Crippen LogP contribution is 2.23. The standard InChI is InChI=1S/C19H24ClN5O2S/c1-22-19(23-12-14-5-7-18(8-6-14)28(21,26)27)24-16-9-10-25(13-16)17-4-2-3-15(20)11-17/h2-8,11,16H,9-10,12-13H2,1H3,(H2,21,26,27)(H2,22,23,24).